The zero-order chi connectivity index (χ0) is 24.9. The van der Waals surface area contributed by atoms with Crippen molar-refractivity contribution in [1.82, 2.24) is 9.97 Å². The molecule has 0 aliphatic carbocycles. The van der Waals surface area contributed by atoms with E-state index in [1.54, 1.807) is 26.4 Å². The molecule has 4 aromatic carbocycles. The van der Waals surface area contributed by atoms with Crippen molar-refractivity contribution in [2.75, 3.05) is 19.5 Å². The molecule has 1 amide bonds. The highest BCUT2D eigenvalue weighted by Gasteiger charge is 2.13. The monoisotopic (exact) mass is 481 g/mol. The summed E-state index contributed by atoms with van der Waals surface area (Å²) in [7, 11) is 3.15. The zero-order valence-electron chi connectivity index (χ0n) is 19.7. The Hall–Kier alpha value is -4.85. The standard InChI is InChI=1S/C28H23N3O5/c1-33-25-14-23-24(15-26(25)34-2)29-17-30-27(23)36-22-11-9-19-12-21(10-8-20(19)13-22)31-28(32)35-16-18-6-4-3-5-7-18/h3-15,17H,16H2,1-2H3,(H,31,32). The second-order valence-electron chi connectivity index (χ2n) is 7.92. The number of amides is 1. The number of ether oxygens (including phenoxy) is 4. The molecule has 8 heteroatoms. The van der Waals surface area contributed by atoms with Gasteiger partial charge in [-0.25, -0.2) is 14.8 Å². The number of carbonyl (C=O) groups is 1. The Labute approximate surface area is 207 Å². The van der Waals surface area contributed by atoms with Gasteiger partial charge < -0.3 is 18.9 Å². The smallest absolute Gasteiger partial charge is 0.411 e. The molecule has 1 N–H and O–H groups in total. The zero-order valence-corrected chi connectivity index (χ0v) is 19.7. The van der Waals surface area contributed by atoms with Crippen molar-refractivity contribution >= 4 is 33.5 Å². The molecule has 0 spiro atoms. The minimum atomic E-state index is -0.513. The highest BCUT2D eigenvalue weighted by Crippen LogP contribution is 2.36. The molecule has 1 aromatic heterocycles. The number of hydrogen-bond donors (Lipinski definition) is 1. The molecule has 180 valence electrons. The Kier molecular flexibility index (Phi) is 6.48. The first-order valence-electron chi connectivity index (χ1n) is 11.2. The van der Waals surface area contributed by atoms with E-state index < -0.39 is 6.09 Å². The Bertz CT molecular complexity index is 1540. The molecule has 0 atom stereocenters. The Morgan fingerprint density at radius 1 is 0.833 bits per heavy atom. The molecule has 0 bridgehead atoms. The van der Waals surface area contributed by atoms with Crippen LogP contribution in [0, 0.1) is 0 Å². The van der Waals surface area contributed by atoms with Crippen LogP contribution in [-0.2, 0) is 11.3 Å². The highest BCUT2D eigenvalue weighted by atomic mass is 16.5. The number of anilines is 1. The molecule has 0 unspecified atom stereocenters. The normalized spacial score (nSPS) is 10.7. The third kappa shape index (κ3) is 4.97. The lowest BCUT2D eigenvalue weighted by Gasteiger charge is -2.12. The summed E-state index contributed by atoms with van der Waals surface area (Å²) in [4.78, 5) is 20.8. The van der Waals surface area contributed by atoms with Crippen molar-refractivity contribution in [2.24, 2.45) is 0 Å². The second kappa shape index (κ2) is 10.2. The van der Waals surface area contributed by atoms with Crippen LogP contribution in [0.5, 0.6) is 23.1 Å². The molecule has 0 radical (unpaired) electrons. The molecular weight excluding hydrogens is 458 g/mol. The van der Waals surface area contributed by atoms with Crippen molar-refractivity contribution in [3.8, 4) is 23.1 Å². The van der Waals surface area contributed by atoms with E-state index in [1.807, 2.05) is 66.7 Å². The SMILES string of the molecule is COc1cc2ncnc(Oc3ccc4cc(NC(=O)OCc5ccccc5)ccc4c3)c2cc1OC. The van der Waals surface area contributed by atoms with Crippen LogP contribution in [0.1, 0.15) is 5.56 Å². The molecular formula is C28H23N3O5. The average molecular weight is 482 g/mol. The van der Waals surface area contributed by atoms with Crippen molar-refractivity contribution in [3.63, 3.8) is 0 Å². The topological polar surface area (TPSA) is 91.8 Å². The van der Waals surface area contributed by atoms with Gasteiger partial charge in [-0.2, -0.15) is 0 Å². The van der Waals surface area contributed by atoms with E-state index in [4.69, 9.17) is 18.9 Å². The van der Waals surface area contributed by atoms with Gasteiger partial charge in [0.2, 0.25) is 5.88 Å². The number of aromatic nitrogens is 2. The van der Waals surface area contributed by atoms with Gasteiger partial charge in [0.05, 0.1) is 25.1 Å². The highest BCUT2D eigenvalue weighted by molar-refractivity contribution is 5.92. The number of fused-ring (bicyclic) bond motifs is 2. The van der Waals surface area contributed by atoms with Gasteiger partial charge >= 0.3 is 6.09 Å². The van der Waals surface area contributed by atoms with E-state index >= 15 is 0 Å². The lowest BCUT2D eigenvalue weighted by atomic mass is 10.1. The van der Waals surface area contributed by atoms with E-state index in [0.29, 0.717) is 39.7 Å². The van der Waals surface area contributed by atoms with Gasteiger partial charge in [0, 0.05) is 11.8 Å². The van der Waals surface area contributed by atoms with E-state index in [-0.39, 0.29) is 6.61 Å². The summed E-state index contributed by atoms with van der Waals surface area (Å²) in [6, 6.07) is 24.4. The predicted molar refractivity (Wildman–Crippen MR) is 137 cm³/mol. The number of hydrogen-bond acceptors (Lipinski definition) is 7. The molecule has 36 heavy (non-hydrogen) atoms. The maximum atomic E-state index is 12.2. The first kappa shape index (κ1) is 22.9. The Morgan fingerprint density at radius 2 is 1.58 bits per heavy atom. The molecule has 8 nitrogen and oxygen atoms in total. The third-order valence-corrected chi connectivity index (χ3v) is 5.59. The summed E-state index contributed by atoms with van der Waals surface area (Å²) in [6.45, 7) is 0.206. The first-order chi connectivity index (χ1) is 17.6. The van der Waals surface area contributed by atoms with Crippen LogP contribution in [0.2, 0.25) is 0 Å². The quantitative estimate of drug-likeness (QED) is 0.290. The lowest BCUT2D eigenvalue weighted by molar-refractivity contribution is 0.155. The van der Waals surface area contributed by atoms with Crippen molar-refractivity contribution < 1.29 is 23.7 Å². The van der Waals surface area contributed by atoms with Gasteiger partial charge in [0.1, 0.15) is 18.7 Å². The molecule has 0 saturated heterocycles. The van der Waals surface area contributed by atoms with Gasteiger partial charge in [-0.05, 0) is 46.7 Å². The minimum absolute atomic E-state index is 0.206. The maximum Gasteiger partial charge on any atom is 0.411 e. The minimum Gasteiger partial charge on any atom is -0.493 e. The number of benzene rings is 4. The van der Waals surface area contributed by atoms with Crippen LogP contribution in [0.25, 0.3) is 21.7 Å². The molecule has 0 aliphatic heterocycles. The number of nitrogens with one attached hydrogen (secondary N) is 1. The maximum absolute atomic E-state index is 12.2. The Morgan fingerprint density at radius 3 is 2.39 bits per heavy atom. The van der Waals surface area contributed by atoms with Crippen LogP contribution in [-0.4, -0.2) is 30.3 Å². The van der Waals surface area contributed by atoms with Crippen LogP contribution in [0.15, 0.2) is 85.2 Å². The van der Waals surface area contributed by atoms with Crippen molar-refractivity contribution in [2.45, 2.75) is 6.61 Å². The van der Waals surface area contributed by atoms with Crippen LogP contribution < -0.4 is 19.5 Å². The molecule has 0 aliphatic rings. The van der Waals surface area contributed by atoms with Gasteiger partial charge in [0.15, 0.2) is 11.5 Å². The summed E-state index contributed by atoms with van der Waals surface area (Å²) in [5, 5.41) is 5.34. The van der Waals surface area contributed by atoms with E-state index in [1.165, 1.54) is 6.33 Å². The first-order valence-corrected chi connectivity index (χ1v) is 11.2. The van der Waals surface area contributed by atoms with Gasteiger partial charge in [0.25, 0.3) is 0 Å². The number of carbonyl (C=O) groups excluding carboxylic acids is 1. The average Bonchev–Trinajstić information content (AvgIpc) is 2.92. The number of methoxy groups -OCH3 is 2. The fourth-order valence-electron chi connectivity index (χ4n) is 3.79. The third-order valence-electron chi connectivity index (χ3n) is 5.59. The summed E-state index contributed by atoms with van der Waals surface area (Å²) < 4.78 is 22.2. The summed E-state index contributed by atoms with van der Waals surface area (Å²) >= 11 is 0. The number of rotatable bonds is 7. The second-order valence-corrected chi connectivity index (χ2v) is 7.92. The fraction of sp³-hybridized carbons (Fsp3) is 0.107. The molecule has 1 heterocycles. The van der Waals surface area contributed by atoms with E-state index in [0.717, 1.165) is 16.3 Å². The summed E-state index contributed by atoms with van der Waals surface area (Å²) in [6.07, 6.45) is 0.931. The molecule has 5 rings (SSSR count). The van der Waals surface area contributed by atoms with Crippen molar-refractivity contribution in [3.05, 3.63) is 90.8 Å². The van der Waals surface area contributed by atoms with Crippen LogP contribution >= 0.6 is 0 Å². The van der Waals surface area contributed by atoms with Gasteiger partial charge in [-0.15, -0.1) is 0 Å². The largest absolute Gasteiger partial charge is 0.493 e. The van der Waals surface area contributed by atoms with E-state index in [2.05, 4.69) is 15.3 Å². The summed E-state index contributed by atoms with van der Waals surface area (Å²) in [5.74, 6) is 2.15. The van der Waals surface area contributed by atoms with E-state index in [9.17, 15) is 4.79 Å². The fourth-order valence-corrected chi connectivity index (χ4v) is 3.79. The lowest BCUT2D eigenvalue weighted by Crippen LogP contribution is -2.13. The molecule has 5 aromatic rings. The molecule has 0 saturated carbocycles. The van der Waals surface area contributed by atoms with Crippen LogP contribution in [0.3, 0.4) is 0 Å². The Balaban J connectivity index is 1.32. The van der Waals surface area contributed by atoms with Crippen molar-refractivity contribution in [1.29, 1.82) is 0 Å². The summed E-state index contributed by atoms with van der Waals surface area (Å²) in [5.41, 5.74) is 2.23. The van der Waals surface area contributed by atoms with Crippen LogP contribution in [0.4, 0.5) is 10.5 Å². The van der Waals surface area contributed by atoms with Gasteiger partial charge in [-0.1, -0.05) is 42.5 Å². The van der Waals surface area contributed by atoms with Gasteiger partial charge in [-0.3, -0.25) is 5.32 Å². The number of nitrogens with zero attached hydrogens (tertiary/aromatic N) is 2. The predicted octanol–water partition coefficient (Wildman–Crippen LogP) is 6.34. The molecule has 0 fully saturated rings.